The largest absolute Gasteiger partial charge is 0.372 e. The molecule has 1 fully saturated rings. The fraction of sp³-hybridized carbons (Fsp3) is 0.412. The molecule has 8 nitrogen and oxygen atoms in total. The summed E-state index contributed by atoms with van der Waals surface area (Å²) in [5.41, 5.74) is 2.55. The summed E-state index contributed by atoms with van der Waals surface area (Å²) in [5.74, 6) is 1.73. The van der Waals surface area contributed by atoms with Crippen LogP contribution in [0.4, 0.5) is 11.6 Å². The Kier molecular flexibility index (Phi) is 4.19. The number of rotatable bonds is 4. The third-order valence-electron chi connectivity index (χ3n) is 4.24. The Morgan fingerprint density at radius 3 is 2.76 bits per heavy atom. The molecular weight excluding hydrogens is 318 g/mol. The summed E-state index contributed by atoms with van der Waals surface area (Å²) in [6, 6.07) is 4.15. The number of pyridine rings is 1. The number of anilines is 2. The topological polar surface area (TPSA) is 91.8 Å². The molecule has 0 saturated carbocycles. The summed E-state index contributed by atoms with van der Waals surface area (Å²) in [6.07, 6.45) is 5.47. The summed E-state index contributed by atoms with van der Waals surface area (Å²) in [5, 5.41) is 3.31. The van der Waals surface area contributed by atoms with E-state index in [1.165, 1.54) is 6.33 Å². The zero-order valence-corrected chi connectivity index (χ0v) is 14.3. The van der Waals surface area contributed by atoms with E-state index in [9.17, 15) is 0 Å². The number of morpholine rings is 1. The Hall–Kier alpha value is -2.74. The second kappa shape index (κ2) is 6.64. The zero-order chi connectivity index (χ0) is 17.2. The molecule has 3 aromatic heterocycles. The molecule has 0 unspecified atom stereocenters. The molecule has 0 spiro atoms. The van der Waals surface area contributed by atoms with Gasteiger partial charge in [-0.2, -0.15) is 0 Å². The van der Waals surface area contributed by atoms with Crippen molar-refractivity contribution < 1.29 is 4.74 Å². The van der Waals surface area contributed by atoms with E-state index in [0.29, 0.717) is 12.2 Å². The first kappa shape index (κ1) is 15.8. The standard InChI is InChI=1S/C17H21N7O/c1-11-7-24(8-12(2)25-11)14-4-3-13(5-18-14)6-19-16-15-17(21-9-20-15)23-10-22-16/h3-5,9-12H,6-8H2,1-2H3,(H2,19,20,21,22,23)/t11-,12+. The zero-order valence-electron chi connectivity index (χ0n) is 14.3. The number of hydrogen-bond donors (Lipinski definition) is 2. The average Bonchev–Trinajstić information content (AvgIpc) is 3.09. The molecule has 0 radical (unpaired) electrons. The van der Waals surface area contributed by atoms with Crippen LogP contribution in [0.1, 0.15) is 19.4 Å². The third-order valence-corrected chi connectivity index (χ3v) is 4.24. The highest BCUT2D eigenvalue weighted by atomic mass is 16.5. The highest BCUT2D eigenvalue weighted by molar-refractivity contribution is 5.81. The van der Waals surface area contributed by atoms with Crippen molar-refractivity contribution in [2.75, 3.05) is 23.3 Å². The van der Waals surface area contributed by atoms with E-state index in [4.69, 9.17) is 4.74 Å². The quantitative estimate of drug-likeness (QED) is 0.751. The molecule has 130 valence electrons. The number of imidazole rings is 1. The van der Waals surface area contributed by atoms with Gasteiger partial charge < -0.3 is 19.9 Å². The maximum atomic E-state index is 5.78. The van der Waals surface area contributed by atoms with Crippen molar-refractivity contribution in [3.05, 3.63) is 36.5 Å². The minimum atomic E-state index is 0.224. The van der Waals surface area contributed by atoms with Gasteiger partial charge in [0.25, 0.3) is 0 Å². The first-order valence-electron chi connectivity index (χ1n) is 8.42. The van der Waals surface area contributed by atoms with Gasteiger partial charge >= 0.3 is 0 Å². The summed E-state index contributed by atoms with van der Waals surface area (Å²) in [4.78, 5) is 22.4. The van der Waals surface area contributed by atoms with Crippen LogP contribution in [0.15, 0.2) is 31.0 Å². The minimum absolute atomic E-state index is 0.224. The van der Waals surface area contributed by atoms with Crippen LogP contribution in [-0.2, 0) is 11.3 Å². The Balaban J connectivity index is 1.43. The van der Waals surface area contributed by atoms with Gasteiger partial charge in [-0.05, 0) is 25.5 Å². The Morgan fingerprint density at radius 1 is 1.16 bits per heavy atom. The number of H-pyrrole nitrogens is 1. The molecule has 0 aromatic carbocycles. The summed E-state index contributed by atoms with van der Waals surface area (Å²) >= 11 is 0. The van der Waals surface area contributed by atoms with E-state index in [0.717, 1.165) is 35.8 Å². The number of hydrogen-bond acceptors (Lipinski definition) is 7. The van der Waals surface area contributed by atoms with Gasteiger partial charge in [-0.1, -0.05) is 6.07 Å². The number of aromatic amines is 1. The summed E-state index contributed by atoms with van der Waals surface area (Å²) in [6.45, 7) is 6.56. The molecule has 1 saturated heterocycles. The Bertz CT molecular complexity index is 838. The van der Waals surface area contributed by atoms with Crippen molar-refractivity contribution in [3.8, 4) is 0 Å². The third kappa shape index (κ3) is 3.39. The summed E-state index contributed by atoms with van der Waals surface area (Å²) < 4.78 is 5.78. The molecule has 0 bridgehead atoms. The van der Waals surface area contributed by atoms with Gasteiger partial charge in [0.05, 0.1) is 18.5 Å². The highest BCUT2D eigenvalue weighted by Gasteiger charge is 2.22. The van der Waals surface area contributed by atoms with Crippen LogP contribution in [0, 0.1) is 0 Å². The van der Waals surface area contributed by atoms with Crippen molar-refractivity contribution in [2.24, 2.45) is 0 Å². The number of nitrogens with one attached hydrogen (secondary N) is 2. The lowest BCUT2D eigenvalue weighted by molar-refractivity contribution is -0.00545. The summed E-state index contributed by atoms with van der Waals surface area (Å²) in [7, 11) is 0. The van der Waals surface area contributed by atoms with Crippen LogP contribution < -0.4 is 10.2 Å². The van der Waals surface area contributed by atoms with Crippen molar-refractivity contribution in [2.45, 2.75) is 32.6 Å². The van der Waals surface area contributed by atoms with Gasteiger partial charge in [-0.15, -0.1) is 0 Å². The lowest BCUT2D eigenvalue weighted by Crippen LogP contribution is -2.45. The molecule has 25 heavy (non-hydrogen) atoms. The van der Waals surface area contributed by atoms with Crippen molar-refractivity contribution in [1.29, 1.82) is 0 Å². The smallest absolute Gasteiger partial charge is 0.182 e. The average molecular weight is 339 g/mol. The van der Waals surface area contributed by atoms with E-state index in [1.54, 1.807) is 6.33 Å². The van der Waals surface area contributed by atoms with Crippen molar-refractivity contribution >= 4 is 22.8 Å². The van der Waals surface area contributed by atoms with Gasteiger partial charge in [0.1, 0.15) is 17.7 Å². The second-order valence-electron chi connectivity index (χ2n) is 6.36. The number of nitrogens with zero attached hydrogens (tertiary/aromatic N) is 5. The molecule has 8 heteroatoms. The highest BCUT2D eigenvalue weighted by Crippen LogP contribution is 2.19. The fourth-order valence-corrected chi connectivity index (χ4v) is 3.16. The van der Waals surface area contributed by atoms with Crippen molar-refractivity contribution in [1.82, 2.24) is 24.9 Å². The monoisotopic (exact) mass is 339 g/mol. The van der Waals surface area contributed by atoms with E-state index < -0.39 is 0 Å². The number of fused-ring (bicyclic) bond motifs is 1. The molecule has 4 heterocycles. The molecule has 1 aliphatic heterocycles. The van der Waals surface area contributed by atoms with Crippen LogP contribution in [0.5, 0.6) is 0 Å². The molecular formula is C17H21N7O. The maximum Gasteiger partial charge on any atom is 0.182 e. The maximum absolute atomic E-state index is 5.78. The predicted octanol–water partition coefficient (Wildman–Crippen LogP) is 1.97. The van der Waals surface area contributed by atoms with Crippen LogP contribution in [0.3, 0.4) is 0 Å². The van der Waals surface area contributed by atoms with Gasteiger partial charge in [0.2, 0.25) is 0 Å². The van der Waals surface area contributed by atoms with Crippen LogP contribution in [0.2, 0.25) is 0 Å². The van der Waals surface area contributed by atoms with E-state index in [-0.39, 0.29) is 12.2 Å². The van der Waals surface area contributed by atoms with E-state index >= 15 is 0 Å². The Morgan fingerprint density at radius 2 is 2.00 bits per heavy atom. The molecule has 1 aliphatic rings. The van der Waals surface area contributed by atoms with Crippen molar-refractivity contribution in [3.63, 3.8) is 0 Å². The molecule has 2 atom stereocenters. The molecule has 0 aliphatic carbocycles. The van der Waals surface area contributed by atoms with Crippen LogP contribution >= 0.6 is 0 Å². The number of aromatic nitrogens is 5. The predicted molar refractivity (Wildman–Crippen MR) is 95.5 cm³/mol. The molecule has 2 N–H and O–H groups in total. The number of ether oxygens (including phenoxy) is 1. The van der Waals surface area contributed by atoms with E-state index in [1.807, 2.05) is 6.20 Å². The van der Waals surface area contributed by atoms with E-state index in [2.05, 4.69) is 61.1 Å². The minimum Gasteiger partial charge on any atom is -0.372 e. The first-order chi connectivity index (χ1) is 12.2. The lowest BCUT2D eigenvalue weighted by Gasteiger charge is -2.36. The SMILES string of the molecule is C[C@@H]1CN(c2ccc(CNc3ncnc4nc[nH]c34)cn2)C[C@H](C)O1. The van der Waals surface area contributed by atoms with Gasteiger partial charge in [0, 0.05) is 25.8 Å². The lowest BCUT2D eigenvalue weighted by atomic mass is 10.2. The van der Waals surface area contributed by atoms with Crippen LogP contribution in [0.25, 0.3) is 11.2 Å². The molecule has 4 rings (SSSR count). The molecule has 0 amide bonds. The molecule has 3 aromatic rings. The van der Waals surface area contributed by atoms with Crippen LogP contribution in [-0.4, -0.2) is 50.2 Å². The second-order valence-corrected chi connectivity index (χ2v) is 6.36. The van der Waals surface area contributed by atoms with Gasteiger partial charge in [-0.3, -0.25) is 0 Å². The fourth-order valence-electron chi connectivity index (χ4n) is 3.16. The Labute approximate surface area is 145 Å². The normalized spacial score (nSPS) is 20.8. The van der Waals surface area contributed by atoms with Gasteiger partial charge in [-0.25, -0.2) is 19.9 Å². The first-order valence-corrected chi connectivity index (χ1v) is 8.42. The van der Waals surface area contributed by atoms with Gasteiger partial charge in [0.15, 0.2) is 11.5 Å².